The number of hydrogen-bond acceptors (Lipinski definition) is 3. The molecule has 0 fully saturated rings. The van der Waals surface area contributed by atoms with Gasteiger partial charge < -0.3 is 4.90 Å². The van der Waals surface area contributed by atoms with Gasteiger partial charge in [-0.15, -0.1) is 0 Å². The normalized spacial score (nSPS) is 13.2. The molecule has 0 aromatic heterocycles. The standard InChI is InChI=1S/C17H20F2N2O2S/c1-21(2)14(10-13-6-4-3-5-7-13)12-20-24(22,23)15-8-9-16(18)17(19)11-15/h3-9,11,14,20H,10,12H2,1-2H3. The van der Waals surface area contributed by atoms with Gasteiger partial charge in [0.1, 0.15) is 0 Å². The number of sulfonamides is 1. The van der Waals surface area contributed by atoms with Crippen molar-refractivity contribution >= 4 is 10.0 Å². The van der Waals surface area contributed by atoms with E-state index >= 15 is 0 Å². The topological polar surface area (TPSA) is 49.4 Å². The zero-order valence-electron chi connectivity index (χ0n) is 13.5. The van der Waals surface area contributed by atoms with Gasteiger partial charge >= 0.3 is 0 Å². The molecule has 24 heavy (non-hydrogen) atoms. The van der Waals surface area contributed by atoms with Gasteiger partial charge in [-0.3, -0.25) is 0 Å². The van der Waals surface area contributed by atoms with Gasteiger partial charge in [-0.05, 0) is 44.3 Å². The zero-order valence-corrected chi connectivity index (χ0v) is 14.4. The molecule has 2 aromatic rings. The Labute approximate surface area is 141 Å². The van der Waals surface area contributed by atoms with Crippen molar-refractivity contribution in [3.05, 3.63) is 65.7 Å². The Bertz CT molecular complexity index is 780. The molecule has 4 nitrogen and oxygen atoms in total. The van der Waals surface area contributed by atoms with Crippen LogP contribution in [0.2, 0.25) is 0 Å². The molecular formula is C17H20F2N2O2S. The third-order valence-electron chi connectivity index (χ3n) is 3.75. The molecule has 0 radical (unpaired) electrons. The van der Waals surface area contributed by atoms with E-state index in [1.54, 1.807) is 0 Å². The van der Waals surface area contributed by atoms with Gasteiger partial charge in [-0.25, -0.2) is 21.9 Å². The minimum Gasteiger partial charge on any atom is -0.305 e. The summed E-state index contributed by atoms with van der Waals surface area (Å²) in [5, 5.41) is 0. The van der Waals surface area contributed by atoms with Crippen LogP contribution < -0.4 is 4.72 Å². The Kier molecular flexibility index (Phi) is 6.04. The average Bonchev–Trinajstić information content (AvgIpc) is 2.54. The summed E-state index contributed by atoms with van der Waals surface area (Å²) in [7, 11) is -0.183. The summed E-state index contributed by atoms with van der Waals surface area (Å²) in [4.78, 5) is 1.62. The minimum atomic E-state index is -3.90. The van der Waals surface area contributed by atoms with Crippen LogP contribution >= 0.6 is 0 Å². The van der Waals surface area contributed by atoms with Crippen LogP contribution in [-0.4, -0.2) is 40.0 Å². The molecule has 2 aromatic carbocycles. The molecule has 130 valence electrons. The number of benzene rings is 2. The number of halogens is 2. The lowest BCUT2D eigenvalue weighted by atomic mass is 10.1. The fraction of sp³-hybridized carbons (Fsp3) is 0.294. The maximum atomic E-state index is 13.2. The number of likely N-dealkylation sites (N-methyl/N-ethyl adjacent to an activating group) is 1. The van der Waals surface area contributed by atoms with E-state index in [0.717, 1.165) is 17.7 Å². The quantitative estimate of drug-likeness (QED) is 0.831. The van der Waals surface area contributed by atoms with Crippen molar-refractivity contribution in [3.8, 4) is 0 Å². The summed E-state index contributed by atoms with van der Waals surface area (Å²) in [6.45, 7) is 0.156. The van der Waals surface area contributed by atoms with Crippen molar-refractivity contribution in [1.82, 2.24) is 9.62 Å². The van der Waals surface area contributed by atoms with Gasteiger partial charge in [0.2, 0.25) is 10.0 Å². The van der Waals surface area contributed by atoms with Gasteiger partial charge in [0.15, 0.2) is 11.6 Å². The predicted octanol–water partition coefficient (Wildman–Crippen LogP) is 2.42. The summed E-state index contributed by atoms with van der Waals surface area (Å²) in [6, 6.07) is 12.2. The summed E-state index contributed by atoms with van der Waals surface area (Å²) in [6.07, 6.45) is 0.661. The van der Waals surface area contributed by atoms with Gasteiger partial charge in [-0.1, -0.05) is 30.3 Å². The van der Waals surface area contributed by atoms with Crippen LogP contribution in [0.5, 0.6) is 0 Å². The molecule has 0 aliphatic rings. The summed E-state index contributed by atoms with van der Waals surface area (Å²) in [5.41, 5.74) is 1.09. The van der Waals surface area contributed by atoms with E-state index in [4.69, 9.17) is 0 Å². The number of nitrogens with zero attached hydrogens (tertiary/aromatic N) is 1. The highest BCUT2D eigenvalue weighted by molar-refractivity contribution is 7.89. The van der Waals surface area contributed by atoms with E-state index in [1.807, 2.05) is 49.3 Å². The van der Waals surface area contributed by atoms with Crippen LogP contribution in [-0.2, 0) is 16.4 Å². The summed E-state index contributed by atoms with van der Waals surface area (Å²) >= 11 is 0. The third-order valence-corrected chi connectivity index (χ3v) is 5.18. The van der Waals surface area contributed by atoms with Crippen LogP contribution in [0.25, 0.3) is 0 Å². The molecule has 0 amide bonds. The average molecular weight is 354 g/mol. The van der Waals surface area contributed by atoms with E-state index in [-0.39, 0.29) is 17.5 Å². The third kappa shape index (κ3) is 4.83. The molecule has 7 heteroatoms. The number of nitrogens with one attached hydrogen (secondary N) is 1. The van der Waals surface area contributed by atoms with E-state index in [0.29, 0.717) is 12.5 Å². The van der Waals surface area contributed by atoms with Crippen molar-refractivity contribution in [2.24, 2.45) is 0 Å². The number of rotatable bonds is 7. The lowest BCUT2D eigenvalue weighted by Crippen LogP contribution is -2.41. The minimum absolute atomic E-state index is 0.0764. The van der Waals surface area contributed by atoms with E-state index in [9.17, 15) is 17.2 Å². The molecule has 1 unspecified atom stereocenters. The van der Waals surface area contributed by atoms with Crippen molar-refractivity contribution in [2.45, 2.75) is 17.4 Å². The largest absolute Gasteiger partial charge is 0.305 e. The molecule has 0 saturated carbocycles. The van der Waals surface area contributed by atoms with E-state index < -0.39 is 21.7 Å². The monoisotopic (exact) mass is 354 g/mol. The van der Waals surface area contributed by atoms with E-state index in [2.05, 4.69) is 4.72 Å². The molecule has 0 aliphatic carbocycles. The first-order valence-electron chi connectivity index (χ1n) is 7.44. The predicted molar refractivity (Wildman–Crippen MR) is 89.2 cm³/mol. The molecule has 0 aliphatic heterocycles. The van der Waals surface area contributed by atoms with Crippen molar-refractivity contribution in [2.75, 3.05) is 20.6 Å². The highest BCUT2D eigenvalue weighted by atomic mass is 32.2. The maximum absolute atomic E-state index is 13.2. The Hall–Kier alpha value is -1.83. The van der Waals surface area contributed by atoms with Crippen LogP contribution in [0.4, 0.5) is 8.78 Å². The number of hydrogen-bond donors (Lipinski definition) is 1. The molecular weight excluding hydrogens is 334 g/mol. The van der Waals surface area contributed by atoms with Crippen LogP contribution in [0.15, 0.2) is 53.4 Å². The Morgan fingerprint density at radius 2 is 1.71 bits per heavy atom. The Balaban J connectivity index is 2.09. The first-order chi connectivity index (χ1) is 11.3. The molecule has 0 saturated heterocycles. The first kappa shape index (κ1) is 18.5. The Morgan fingerprint density at radius 3 is 2.29 bits per heavy atom. The van der Waals surface area contributed by atoms with Crippen LogP contribution in [0, 0.1) is 11.6 Å². The van der Waals surface area contributed by atoms with Crippen LogP contribution in [0.1, 0.15) is 5.56 Å². The summed E-state index contributed by atoms with van der Waals surface area (Å²) < 4.78 is 53.2. The molecule has 1 atom stereocenters. The van der Waals surface area contributed by atoms with Gasteiger partial charge in [-0.2, -0.15) is 0 Å². The second-order valence-corrected chi connectivity index (χ2v) is 7.50. The molecule has 0 bridgehead atoms. The highest BCUT2D eigenvalue weighted by Gasteiger charge is 2.20. The lowest BCUT2D eigenvalue weighted by molar-refractivity contribution is 0.291. The highest BCUT2D eigenvalue weighted by Crippen LogP contribution is 2.14. The molecule has 2 rings (SSSR count). The fourth-order valence-corrected chi connectivity index (χ4v) is 3.34. The first-order valence-corrected chi connectivity index (χ1v) is 8.93. The SMILES string of the molecule is CN(C)C(CNS(=O)(=O)c1ccc(F)c(F)c1)Cc1ccccc1. The molecule has 0 heterocycles. The smallest absolute Gasteiger partial charge is 0.240 e. The van der Waals surface area contributed by atoms with E-state index in [1.165, 1.54) is 0 Å². The van der Waals surface area contributed by atoms with Gasteiger partial charge in [0, 0.05) is 12.6 Å². The zero-order chi connectivity index (χ0) is 17.7. The van der Waals surface area contributed by atoms with Crippen molar-refractivity contribution in [3.63, 3.8) is 0 Å². The second-order valence-electron chi connectivity index (χ2n) is 5.73. The van der Waals surface area contributed by atoms with Crippen LogP contribution in [0.3, 0.4) is 0 Å². The van der Waals surface area contributed by atoms with Crippen molar-refractivity contribution in [1.29, 1.82) is 0 Å². The lowest BCUT2D eigenvalue weighted by Gasteiger charge is -2.24. The second kappa shape index (κ2) is 7.83. The molecule has 1 N–H and O–H groups in total. The van der Waals surface area contributed by atoms with Crippen molar-refractivity contribution < 1.29 is 17.2 Å². The summed E-state index contributed by atoms with van der Waals surface area (Å²) in [5.74, 6) is -2.27. The maximum Gasteiger partial charge on any atom is 0.240 e. The fourth-order valence-electron chi connectivity index (χ4n) is 2.26. The van der Waals surface area contributed by atoms with Gasteiger partial charge in [0.05, 0.1) is 4.90 Å². The van der Waals surface area contributed by atoms with Gasteiger partial charge in [0.25, 0.3) is 0 Å². The molecule has 0 spiro atoms. The Morgan fingerprint density at radius 1 is 1.04 bits per heavy atom.